The van der Waals surface area contributed by atoms with Crippen LogP contribution in [-0.4, -0.2) is 68.1 Å². The molecule has 16 heteroatoms. The van der Waals surface area contributed by atoms with Crippen molar-refractivity contribution >= 4 is 52.5 Å². The largest absolute Gasteiger partial charge is 0.388 e. The third-order valence-corrected chi connectivity index (χ3v) is 16.0. The Morgan fingerprint density at radius 1 is 0.448 bits per heavy atom. The number of imidazole rings is 3. The van der Waals surface area contributed by atoms with Crippen molar-refractivity contribution in [2.75, 3.05) is 0 Å². The Kier molecular flexibility index (Phi) is 21.7. The van der Waals surface area contributed by atoms with Crippen LogP contribution in [0.15, 0.2) is 165 Å². The van der Waals surface area contributed by atoms with E-state index in [-0.39, 0.29) is 52.3 Å². The fraction of sp³-hybridized carbons (Fsp3) is 0.324. The lowest BCUT2D eigenvalue weighted by Crippen LogP contribution is -2.42. The lowest BCUT2D eigenvalue weighted by molar-refractivity contribution is 0.0902. The Hall–Kier alpha value is -7.81. The second-order valence-electron chi connectivity index (χ2n) is 25.0. The van der Waals surface area contributed by atoms with Crippen molar-refractivity contribution in [2.24, 2.45) is 0 Å². The van der Waals surface area contributed by atoms with Gasteiger partial charge in [0, 0.05) is 114 Å². The van der Waals surface area contributed by atoms with Crippen LogP contribution < -0.4 is 16.0 Å². The number of hydrogen-bond acceptors (Lipinski definition) is 7. The summed E-state index contributed by atoms with van der Waals surface area (Å²) in [6.07, 6.45) is 13.4. The van der Waals surface area contributed by atoms with E-state index in [2.05, 4.69) is 96.1 Å². The quantitative estimate of drug-likeness (QED) is 0.0706. The summed E-state index contributed by atoms with van der Waals surface area (Å²) in [7, 11) is 0. The second kappa shape index (κ2) is 28.4. The molecule has 0 aliphatic rings. The van der Waals surface area contributed by atoms with Crippen LogP contribution in [0.2, 0.25) is 15.1 Å². The number of carbonyl (C=O) groups excluding carboxylic acids is 3. The van der Waals surface area contributed by atoms with E-state index in [1.54, 1.807) is 35.4 Å². The van der Waals surface area contributed by atoms with E-state index in [0.29, 0.717) is 37.6 Å². The van der Waals surface area contributed by atoms with Crippen LogP contribution in [0.3, 0.4) is 0 Å². The molecule has 4 N–H and O–H groups in total. The van der Waals surface area contributed by atoms with Crippen LogP contribution in [0, 0.1) is 0 Å². The minimum absolute atomic E-state index is 0.0832. The zero-order valence-corrected chi connectivity index (χ0v) is 54.8. The zero-order chi connectivity index (χ0) is 63.6. The molecule has 9 rings (SSSR count). The van der Waals surface area contributed by atoms with Crippen LogP contribution in [0.25, 0.3) is 50.4 Å². The van der Waals surface area contributed by atoms with Gasteiger partial charge in [-0.2, -0.15) is 0 Å². The fourth-order valence-corrected chi connectivity index (χ4v) is 9.57. The molecule has 3 heterocycles. The second-order valence-corrected chi connectivity index (χ2v) is 26.3. The van der Waals surface area contributed by atoms with Crippen LogP contribution in [0.4, 0.5) is 0 Å². The van der Waals surface area contributed by atoms with Gasteiger partial charge in [-0.3, -0.25) is 14.4 Å². The van der Waals surface area contributed by atoms with E-state index in [4.69, 9.17) is 34.8 Å². The molecule has 13 nitrogen and oxygen atoms in total. The lowest BCUT2D eigenvalue weighted by Gasteiger charge is -2.25. The predicted molar refractivity (Wildman–Crippen MR) is 356 cm³/mol. The number of halogens is 3. The van der Waals surface area contributed by atoms with E-state index in [1.165, 1.54) is 0 Å². The predicted octanol–water partition coefficient (Wildman–Crippen LogP) is 17.2. The standard InChI is InChI=1S/C25H30ClN3O.C24H28ClN3O.C22H24ClN3O2/c1-7-25(5,6)28-22(30)19-14-18(17-8-10-20(26)11-9-17)15-21(16-19)29-13-12-27-23(29)24(2,3)4;1-6-24(4,5)27-23(29)19-13-18(17-7-9-20(25)10-8-17)14-21(15-19)28-12-11-26-22(28)16(2)3;1-4-22(2,3)25-21(28)17-11-16(15-5-7-18(23)8-6-15)12-19(13-17)26-10-9-24-20(26)14-27/h8-16H,7H2,1-6H3,(H,28,30);7-16H,6H2,1-5H3,(H,27,29);5-13,27H,4,14H2,1-3H3,(H,25,28). The molecule has 0 radical (unpaired) electrons. The SMILES string of the molecule is CCC(C)(C)NC(=O)c1cc(-c2ccc(Cl)cc2)cc(-n2ccnc2C(C)(C)C)c1.CCC(C)(C)NC(=O)c1cc(-c2ccc(Cl)cc2)cc(-n2ccnc2C(C)C)c1.CCC(C)(C)NC(=O)c1cc(-c2ccc(Cl)cc2)cc(-n2ccnc2CO)c1. The van der Waals surface area contributed by atoms with Gasteiger partial charge in [-0.1, -0.05) is 127 Å². The molecule has 0 bridgehead atoms. The van der Waals surface area contributed by atoms with E-state index >= 15 is 0 Å². The van der Waals surface area contributed by atoms with E-state index in [0.717, 1.165) is 81.4 Å². The molecule has 3 amide bonds. The summed E-state index contributed by atoms with van der Waals surface area (Å²) >= 11 is 18.2. The summed E-state index contributed by atoms with van der Waals surface area (Å²) in [4.78, 5) is 52.3. The van der Waals surface area contributed by atoms with Gasteiger partial charge in [-0.05, 0) is 185 Å². The molecule has 0 aliphatic heterocycles. The number of aliphatic hydroxyl groups is 1. The Bertz CT molecular complexity index is 3810. The van der Waals surface area contributed by atoms with Gasteiger partial charge in [-0.25, -0.2) is 15.0 Å². The van der Waals surface area contributed by atoms with Gasteiger partial charge in [0.2, 0.25) is 0 Å². The van der Waals surface area contributed by atoms with Gasteiger partial charge in [0.15, 0.2) is 0 Å². The normalized spacial score (nSPS) is 11.8. The highest BCUT2D eigenvalue weighted by Crippen LogP contribution is 2.32. The van der Waals surface area contributed by atoms with Crippen LogP contribution in [-0.2, 0) is 12.0 Å². The molecule has 3 aromatic heterocycles. The van der Waals surface area contributed by atoms with Gasteiger partial charge < -0.3 is 34.8 Å². The smallest absolute Gasteiger partial charge is 0.251 e. The number of rotatable bonds is 17. The first-order valence-electron chi connectivity index (χ1n) is 29.4. The molecule has 87 heavy (non-hydrogen) atoms. The summed E-state index contributed by atoms with van der Waals surface area (Å²) in [5.41, 5.74) is 9.12. The third-order valence-electron chi connectivity index (χ3n) is 15.3. The third kappa shape index (κ3) is 17.7. The number of benzene rings is 6. The monoisotopic (exact) mass is 1230 g/mol. The summed E-state index contributed by atoms with van der Waals surface area (Å²) in [5.74, 6) is 2.36. The Morgan fingerprint density at radius 2 is 0.770 bits per heavy atom. The molecule has 0 atom stereocenters. The van der Waals surface area contributed by atoms with E-state index in [9.17, 15) is 19.5 Å². The molecule has 6 aromatic carbocycles. The molecule has 9 aromatic rings. The lowest BCUT2D eigenvalue weighted by atomic mass is 9.95. The topological polar surface area (TPSA) is 161 Å². The summed E-state index contributed by atoms with van der Waals surface area (Å²) in [5, 5.41) is 20.9. The van der Waals surface area contributed by atoms with Crippen molar-refractivity contribution < 1.29 is 19.5 Å². The van der Waals surface area contributed by atoms with Crippen molar-refractivity contribution in [1.29, 1.82) is 0 Å². The van der Waals surface area contributed by atoms with Crippen molar-refractivity contribution in [3.63, 3.8) is 0 Å². The molecule has 456 valence electrons. The summed E-state index contributed by atoms with van der Waals surface area (Å²) in [6.45, 7) is 28.7. The van der Waals surface area contributed by atoms with Crippen molar-refractivity contribution in [3.05, 3.63) is 214 Å². The molecule has 0 fully saturated rings. The Balaban J connectivity index is 0.000000187. The fourth-order valence-electron chi connectivity index (χ4n) is 9.19. The minimum Gasteiger partial charge on any atom is -0.388 e. The maximum atomic E-state index is 13.1. The first-order chi connectivity index (χ1) is 41.0. The molecule has 0 unspecified atom stereocenters. The van der Waals surface area contributed by atoms with Crippen molar-refractivity contribution in [2.45, 2.75) is 151 Å². The number of nitrogens with zero attached hydrogens (tertiary/aromatic N) is 6. The first kappa shape index (κ1) is 66.7. The number of hydrogen-bond donors (Lipinski definition) is 4. The molecule has 0 spiro atoms. The van der Waals surface area contributed by atoms with Gasteiger partial charge in [0.25, 0.3) is 17.7 Å². The number of amides is 3. The maximum Gasteiger partial charge on any atom is 0.251 e. The minimum atomic E-state index is -0.307. The zero-order valence-electron chi connectivity index (χ0n) is 52.5. The molecule has 0 saturated heterocycles. The van der Waals surface area contributed by atoms with Crippen LogP contribution in [0.5, 0.6) is 0 Å². The van der Waals surface area contributed by atoms with Gasteiger partial charge >= 0.3 is 0 Å². The average molecular weight is 1230 g/mol. The number of carbonyl (C=O) groups is 3. The number of aliphatic hydroxyl groups excluding tert-OH is 1. The van der Waals surface area contributed by atoms with Gasteiger partial charge in [-0.15, -0.1) is 0 Å². The van der Waals surface area contributed by atoms with Crippen LogP contribution in [0.1, 0.15) is 171 Å². The molecular weight excluding hydrogens is 1150 g/mol. The summed E-state index contributed by atoms with van der Waals surface area (Å²) < 4.78 is 5.88. The highest BCUT2D eigenvalue weighted by Gasteiger charge is 2.26. The van der Waals surface area contributed by atoms with Gasteiger partial charge in [0.1, 0.15) is 24.1 Å². The van der Waals surface area contributed by atoms with Crippen molar-refractivity contribution in [3.8, 4) is 50.4 Å². The first-order valence-corrected chi connectivity index (χ1v) is 30.6. The highest BCUT2D eigenvalue weighted by molar-refractivity contribution is 6.31. The van der Waals surface area contributed by atoms with E-state index < -0.39 is 0 Å². The van der Waals surface area contributed by atoms with Gasteiger partial charge in [0.05, 0.1) is 0 Å². The number of nitrogens with one attached hydrogen (secondary N) is 3. The maximum absolute atomic E-state index is 13.1. The summed E-state index contributed by atoms with van der Waals surface area (Å²) in [6, 6.07) is 40.3. The Labute approximate surface area is 528 Å². The average Bonchev–Trinajstić information content (AvgIpc) is 2.12. The molecule has 0 aliphatic carbocycles. The molecule has 0 saturated carbocycles. The van der Waals surface area contributed by atoms with Crippen molar-refractivity contribution in [1.82, 2.24) is 44.6 Å². The molecular formula is C71H82Cl3N9O4. The number of aromatic nitrogens is 6. The highest BCUT2D eigenvalue weighted by atomic mass is 35.5. The Morgan fingerprint density at radius 3 is 1.11 bits per heavy atom. The van der Waals surface area contributed by atoms with E-state index in [1.807, 2.05) is 175 Å². The van der Waals surface area contributed by atoms with Crippen LogP contribution >= 0.6 is 34.8 Å².